The molecule has 4 rings (SSSR count). The smallest absolute Gasteiger partial charge is 0.163 e. The molecule has 2 aromatic heterocycles. The molecule has 2 aromatic rings. The van der Waals surface area contributed by atoms with Crippen molar-refractivity contribution in [2.75, 3.05) is 31.1 Å². The molecular formula is C15H21BrN6. The first kappa shape index (κ1) is 14.4. The summed E-state index contributed by atoms with van der Waals surface area (Å²) >= 11 is 3.71. The zero-order valence-electron chi connectivity index (χ0n) is 12.6. The van der Waals surface area contributed by atoms with Crippen molar-refractivity contribution in [3.63, 3.8) is 0 Å². The highest BCUT2D eigenvalue weighted by Crippen LogP contribution is 2.29. The van der Waals surface area contributed by atoms with Crippen LogP contribution in [0.25, 0.3) is 11.0 Å². The van der Waals surface area contributed by atoms with Gasteiger partial charge in [0.15, 0.2) is 5.65 Å². The molecule has 0 aromatic carbocycles. The summed E-state index contributed by atoms with van der Waals surface area (Å²) in [5, 5.41) is 9.14. The summed E-state index contributed by atoms with van der Waals surface area (Å²) in [6, 6.07) is 0.453. The second-order valence-electron chi connectivity index (χ2n) is 6.17. The lowest BCUT2D eigenvalue weighted by atomic mass is 10.1. The summed E-state index contributed by atoms with van der Waals surface area (Å²) in [4.78, 5) is 12.1. The Morgan fingerprint density at radius 1 is 1.09 bits per heavy atom. The minimum Gasteiger partial charge on any atom is -0.356 e. The first-order chi connectivity index (χ1) is 10.8. The number of piperidine rings is 2. The topological polar surface area (TPSA) is 58.9 Å². The van der Waals surface area contributed by atoms with E-state index in [1.165, 1.54) is 0 Å². The van der Waals surface area contributed by atoms with E-state index in [-0.39, 0.29) is 0 Å². The van der Waals surface area contributed by atoms with Crippen molar-refractivity contribution in [2.45, 2.75) is 36.6 Å². The van der Waals surface area contributed by atoms with Crippen molar-refractivity contribution in [1.82, 2.24) is 25.1 Å². The molecule has 0 saturated carbocycles. The molecule has 0 spiro atoms. The van der Waals surface area contributed by atoms with Crippen LogP contribution in [0.5, 0.6) is 0 Å². The first-order valence-corrected chi connectivity index (χ1v) is 9.02. The number of nitrogens with one attached hydrogen (secondary N) is 1. The van der Waals surface area contributed by atoms with Gasteiger partial charge in [-0.15, -0.1) is 0 Å². The maximum absolute atomic E-state index is 4.64. The van der Waals surface area contributed by atoms with E-state index in [1.54, 1.807) is 6.33 Å². The number of anilines is 1. The molecule has 0 bridgehead atoms. The van der Waals surface area contributed by atoms with Gasteiger partial charge in [-0.1, -0.05) is 15.9 Å². The monoisotopic (exact) mass is 364 g/mol. The highest BCUT2D eigenvalue weighted by atomic mass is 79.9. The Bertz CT molecular complexity index is 643. The molecule has 0 radical (unpaired) electrons. The third-order valence-corrected chi connectivity index (χ3v) is 5.66. The number of hydrogen-bond acceptors (Lipinski definition) is 5. The van der Waals surface area contributed by atoms with E-state index in [4.69, 9.17) is 0 Å². The number of nitrogens with zero attached hydrogens (tertiary/aromatic N) is 5. The van der Waals surface area contributed by atoms with Gasteiger partial charge >= 0.3 is 0 Å². The second-order valence-corrected chi connectivity index (χ2v) is 7.46. The third kappa shape index (κ3) is 2.60. The van der Waals surface area contributed by atoms with E-state index < -0.39 is 0 Å². The van der Waals surface area contributed by atoms with E-state index in [2.05, 4.69) is 45.9 Å². The van der Waals surface area contributed by atoms with E-state index >= 15 is 0 Å². The molecular weight excluding hydrogens is 344 g/mol. The lowest BCUT2D eigenvalue weighted by Gasteiger charge is -2.30. The van der Waals surface area contributed by atoms with Crippen LogP contribution in [0.1, 0.15) is 31.7 Å². The third-order valence-electron chi connectivity index (χ3n) is 4.75. The Morgan fingerprint density at radius 2 is 1.86 bits per heavy atom. The van der Waals surface area contributed by atoms with E-state index in [1.807, 2.05) is 6.20 Å². The van der Waals surface area contributed by atoms with Gasteiger partial charge in [0, 0.05) is 17.9 Å². The molecule has 2 aliphatic rings. The predicted octanol–water partition coefficient (Wildman–Crippen LogP) is 2.11. The maximum atomic E-state index is 4.64. The number of halogens is 1. The average Bonchev–Trinajstić information content (AvgIpc) is 3.00. The summed E-state index contributed by atoms with van der Waals surface area (Å²) in [5.74, 6) is 1.05. The van der Waals surface area contributed by atoms with Crippen molar-refractivity contribution in [3.8, 4) is 0 Å². The van der Waals surface area contributed by atoms with Gasteiger partial charge in [-0.25, -0.2) is 14.6 Å². The van der Waals surface area contributed by atoms with Crippen LogP contribution in [0.3, 0.4) is 0 Å². The highest BCUT2D eigenvalue weighted by molar-refractivity contribution is 9.09. The van der Waals surface area contributed by atoms with Crippen LogP contribution in [-0.2, 0) is 0 Å². The molecule has 0 atom stereocenters. The Kier molecular flexibility index (Phi) is 4.00. The van der Waals surface area contributed by atoms with E-state index in [0.29, 0.717) is 10.9 Å². The molecule has 0 unspecified atom stereocenters. The largest absolute Gasteiger partial charge is 0.356 e. The molecule has 118 valence electrons. The number of alkyl halides is 1. The second kappa shape index (κ2) is 6.12. The molecule has 2 fully saturated rings. The van der Waals surface area contributed by atoms with Gasteiger partial charge in [0.05, 0.1) is 17.6 Å². The predicted molar refractivity (Wildman–Crippen MR) is 90.6 cm³/mol. The van der Waals surface area contributed by atoms with Crippen LogP contribution in [0, 0.1) is 0 Å². The van der Waals surface area contributed by atoms with Crippen LogP contribution in [0.4, 0.5) is 5.82 Å². The zero-order valence-corrected chi connectivity index (χ0v) is 14.2. The molecule has 7 heteroatoms. The number of rotatable bonds is 2. The zero-order chi connectivity index (χ0) is 14.9. The Hall–Kier alpha value is -1.21. The number of fused-ring (bicyclic) bond motifs is 1. The van der Waals surface area contributed by atoms with Crippen LogP contribution in [0.15, 0.2) is 12.5 Å². The quantitative estimate of drug-likeness (QED) is 0.827. The van der Waals surface area contributed by atoms with Crippen molar-refractivity contribution >= 4 is 32.8 Å². The van der Waals surface area contributed by atoms with Crippen molar-refractivity contribution in [2.24, 2.45) is 0 Å². The molecule has 6 nitrogen and oxygen atoms in total. The van der Waals surface area contributed by atoms with Crippen LogP contribution in [0.2, 0.25) is 0 Å². The van der Waals surface area contributed by atoms with Crippen LogP contribution in [-0.4, -0.2) is 50.8 Å². The van der Waals surface area contributed by atoms with E-state index in [0.717, 1.165) is 68.7 Å². The SMILES string of the molecule is BrC1CCN(c2ncnc3c2cnn3C2CCNCC2)CC1. The highest BCUT2D eigenvalue weighted by Gasteiger charge is 2.23. The molecule has 0 amide bonds. The van der Waals surface area contributed by atoms with Crippen LogP contribution < -0.4 is 10.2 Å². The maximum Gasteiger partial charge on any atom is 0.163 e. The summed E-state index contributed by atoms with van der Waals surface area (Å²) in [6.07, 6.45) is 8.20. The summed E-state index contributed by atoms with van der Waals surface area (Å²) in [5.41, 5.74) is 0.984. The Morgan fingerprint density at radius 3 is 2.64 bits per heavy atom. The van der Waals surface area contributed by atoms with Gasteiger partial charge in [-0.3, -0.25) is 0 Å². The van der Waals surface area contributed by atoms with Crippen molar-refractivity contribution in [1.29, 1.82) is 0 Å². The fraction of sp³-hybridized carbons (Fsp3) is 0.667. The molecule has 0 aliphatic carbocycles. The summed E-state index contributed by atoms with van der Waals surface area (Å²) in [7, 11) is 0. The fourth-order valence-corrected chi connectivity index (χ4v) is 3.89. The summed E-state index contributed by atoms with van der Waals surface area (Å²) in [6.45, 7) is 4.20. The first-order valence-electron chi connectivity index (χ1n) is 8.11. The average molecular weight is 365 g/mol. The van der Waals surface area contributed by atoms with Gasteiger partial charge < -0.3 is 10.2 Å². The number of aromatic nitrogens is 4. The van der Waals surface area contributed by atoms with Gasteiger partial charge in [-0.2, -0.15) is 5.10 Å². The van der Waals surface area contributed by atoms with E-state index in [9.17, 15) is 0 Å². The molecule has 2 saturated heterocycles. The van der Waals surface area contributed by atoms with Gasteiger partial charge in [-0.05, 0) is 38.8 Å². The van der Waals surface area contributed by atoms with Gasteiger partial charge in [0.2, 0.25) is 0 Å². The van der Waals surface area contributed by atoms with Gasteiger partial charge in [0.25, 0.3) is 0 Å². The fourth-order valence-electron chi connectivity index (χ4n) is 3.48. The minimum absolute atomic E-state index is 0.453. The molecule has 2 aliphatic heterocycles. The van der Waals surface area contributed by atoms with Crippen molar-refractivity contribution < 1.29 is 0 Å². The molecule has 1 N–H and O–H groups in total. The standard InChI is InChI=1S/C15H21BrN6/c16-11-3-7-21(8-4-11)14-13-9-20-22(15(13)19-10-18-14)12-1-5-17-6-2-12/h9-12,17H,1-8H2. The lowest BCUT2D eigenvalue weighted by Crippen LogP contribution is -2.34. The van der Waals surface area contributed by atoms with Crippen LogP contribution >= 0.6 is 15.9 Å². The summed E-state index contributed by atoms with van der Waals surface area (Å²) < 4.78 is 2.11. The normalized spacial score (nSPS) is 21.6. The number of hydrogen-bond donors (Lipinski definition) is 1. The van der Waals surface area contributed by atoms with Gasteiger partial charge in [0.1, 0.15) is 12.1 Å². The molecule has 22 heavy (non-hydrogen) atoms. The Labute approximate surface area is 138 Å². The lowest BCUT2D eigenvalue weighted by molar-refractivity contribution is 0.349. The van der Waals surface area contributed by atoms with Crippen molar-refractivity contribution in [3.05, 3.63) is 12.5 Å². The molecule has 4 heterocycles. The Balaban J connectivity index is 1.67. The minimum atomic E-state index is 0.453.